The average molecular weight is 498 g/mol. The first-order valence-electron chi connectivity index (χ1n) is 11.8. The minimum Gasteiger partial charge on any atom is -0.399 e. The standard InChI is InChI=1S/C25H35N7O4/c1-18(33)28-11-8-23(34)29-12-15-32(13-9-24(35)30-21-6-2-4-19(26)16-21)14-10-25(36)31-22-7-3-5-20(27)17-22/h2-7,16-17H,8-15,26-27H2,1H3,(H,28,33)(H,29,34)(H,30,35)(H,31,36). The minimum atomic E-state index is -0.193. The largest absolute Gasteiger partial charge is 0.399 e. The Bertz CT molecular complexity index is 981. The van der Waals surface area contributed by atoms with Gasteiger partial charge in [-0.1, -0.05) is 12.1 Å². The second-order valence-corrected chi connectivity index (χ2v) is 8.27. The van der Waals surface area contributed by atoms with Crippen molar-refractivity contribution in [2.75, 3.05) is 54.8 Å². The first kappa shape index (κ1) is 28.1. The molecular weight excluding hydrogens is 462 g/mol. The van der Waals surface area contributed by atoms with Crippen LogP contribution in [0.3, 0.4) is 0 Å². The number of rotatable bonds is 14. The third-order valence-electron chi connectivity index (χ3n) is 5.13. The van der Waals surface area contributed by atoms with Crippen LogP contribution in [0.1, 0.15) is 26.2 Å². The van der Waals surface area contributed by atoms with Crippen molar-refractivity contribution in [3.8, 4) is 0 Å². The van der Waals surface area contributed by atoms with Crippen LogP contribution >= 0.6 is 0 Å². The number of hydrogen-bond donors (Lipinski definition) is 6. The van der Waals surface area contributed by atoms with Gasteiger partial charge in [-0.2, -0.15) is 0 Å². The number of nitrogen functional groups attached to an aromatic ring is 2. The molecule has 0 saturated heterocycles. The lowest BCUT2D eigenvalue weighted by Gasteiger charge is -2.22. The summed E-state index contributed by atoms with van der Waals surface area (Å²) in [5.74, 6) is -0.757. The van der Waals surface area contributed by atoms with Crippen molar-refractivity contribution in [1.29, 1.82) is 0 Å². The Balaban J connectivity index is 1.85. The van der Waals surface area contributed by atoms with Gasteiger partial charge in [-0.25, -0.2) is 0 Å². The van der Waals surface area contributed by atoms with E-state index in [0.29, 0.717) is 48.9 Å². The zero-order valence-corrected chi connectivity index (χ0v) is 20.5. The van der Waals surface area contributed by atoms with Gasteiger partial charge in [0.2, 0.25) is 23.6 Å². The lowest BCUT2D eigenvalue weighted by molar-refractivity contribution is -0.122. The summed E-state index contributed by atoms with van der Waals surface area (Å²) in [7, 11) is 0. The summed E-state index contributed by atoms with van der Waals surface area (Å²) in [4.78, 5) is 49.7. The van der Waals surface area contributed by atoms with E-state index >= 15 is 0 Å². The van der Waals surface area contributed by atoms with Gasteiger partial charge < -0.3 is 37.6 Å². The van der Waals surface area contributed by atoms with Gasteiger partial charge >= 0.3 is 0 Å². The Hall–Kier alpha value is -4.12. The molecule has 11 nitrogen and oxygen atoms in total. The van der Waals surface area contributed by atoms with E-state index in [1.807, 2.05) is 4.90 Å². The maximum Gasteiger partial charge on any atom is 0.225 e. The molecule has 36 heavy (non-hydrogen) atoms. The second kappa shape index (κ2) is 15.0. The number of carbonyl (C=O) groups is 4. The molecule has 0 heterocycles. The molecule has 0 bridgehead atoms. The van der Waals surface area contributed by atoms with Crippen LogP contribution in [0.4, 0.5) is 22.7 Å². The van der Waals surface area contributed by atoms with Crippen LogP contribution < -0.4 is 32.7 Å². The molecule has 2 aromatic rings. The van der Waals surface area contributed by atoms with Gasteiger partial charge in [0, 0.05) is 81.7 Å². The molecule has 0 aromatic heterocycles. The topological polar surface area (TPSA) is 172 Å². The first-order valence-corrected chi connectivity index (χ1v) is 11.8. The van der Waals surface area contributed by atoms with Gasteiger partial charge in [-0.05, 0) is 36.4 Å². The van der Waals surface area contributed by atoms with Crippen LogP contribution in [0.5, 0.6) is 0 Å². The molecule has 0 radical (unpaired) electrons. The fourth-order valence-corrected chi connectivity index (χ4v) is 3.33. The molecule has 0 atom stereocenters. The smallest absolute Gasteiger partial charge is 0.225 e. The van der Waals surface area contributed by atoms with Gasteiger partial charge in [-0.15, -0.1) is 0 Å². The molecule has 0 fully saturated rings. The van der Waals surface area contributed by atoms with E-state index in [1.165, 1.54) is 6.92 Å². The quantitative estimate of drug-likeness (QED) is 0.212. The van der Waals surface area contributed by atoms with E-state index < -0.39 is 0 Å². The number of benzene rings is 2. The van der Waals surface area contributed by atoms with Crippen molar-refractivity contribution in [3.05, 3.63) is 48.5 Å². The van der Waals surface area contributed by atoms with Crippen molar-refractivity contribution in [2.45, 2.75) is 26.2 Å². The minimum absolute atomic E-state index is 0.171. The van der Waals surface area contributed by atoms with Crippen molar-refractivity contribution >= 4 is 46.4 Å². The summed E-state index contributed by atoms with van der Waals surface area (Å²) in [5.41, 5.74) is 13.8. The highest BCUT2D eigenvalue weighted by molar-refractivity contribution is 5.92. The third-order valence-corrected chi connectivity index (χ3v) is 5.13. The van der Waals surface area contributed by atoms with Gasteiger partial charge in [0.05, 0.1) is 0 Å². The Labute approximate surface area is 211 Å². The number of carbonyl (C=O) groups excluding carboxylic acids is 4. The maximum atomic E-state index is 12.4. The summed E-state index contributed by atoms with van der Waals surface area (Å²) in [6.45, 7) is 3.22. The van der Waals surface area contributed by atoms with Crippen LogP contribution in [-0.2, 0) is 19.2 Å². The van der Waals surface area contributed by atoms with Crippen LogP contribution in [0, 0.1) is 0 Å². The Morgan fingerprint density at radius 2 is 1.22 bits per heavy atom. The molecule has 0 saturated carbocycles. The van der Waals surface area contributed by atoms with Crippen LogP contribution in [0.25, 0.3) is 0 Å². The zero-order valence-electron chi connectivity index (χ0n) is 20.5. The monoisotopic (exact) mass is 497 g/mol. The van der Waals surface area contributed by atoms with E-state index in [0.717, 1.165) is 0 Å². The summed E-state index contributed by atoms with van der Waals surface area (Å²) < 4.78 is 0. The van der Waals surface area contributed by atoms with E-state index in [2.05, 4.69) is 21.3 Å². The van der Waals surface area contributed by atoms with E-state index in [1.54, 1.807) is 48.5 Å². The number of anilines is 4. The molecule has 0 spiro atoms. The van der Waals surface area contributed by atoms with E-state index in [4.69, 9.17) is 11.5 Å². The second-order valence-electron chi connectivity index (χ2n) is 8.27. The summed E-state index contributed by atoms with van der Waals surface area (Å²) >= 11 is 0. The Morgan fingerprint density at radius 1 is 0.694 bits per heavy atom. The highest BCUT2D eigenvalue weighted by atomic mass is 16.2. The van der Waals surface area contributed by atoms with Crippen LogP contribution in [-0.4, -0.2) is 61.3 Å². The summed E-state index contributed by atoms with van der Waals surface area (Å²) in [6, 6.07) is 13.8. The molecular formula is C25H35N7O4. The fraction of sp³-hybridized carbons (Fsp3) is 0.360. The SMILES string of the molecule is CC(=O)NCCC(=O)NCCN(CCC(=O)Nc1cccc(N)c1)CCC(=O)Nc1cccc(N)c1. The molecule has 0 aliphatic rings. The third kappa shape index (κ3) is 11.8. The highest BCUT2D eigenvalue weighted by Crippen LogP contribution is 2.13. The predicted molar refractivity (Wildman–Crippen MR) is 141 cm³/mol. The molecule has 11 heteroatoms. The Kier molecular flexibility index (Phi) is 11.7. The van der Waals surface area contributed by atoms with E-state index in [9.17, 15) is 19.2 Å². The summed E-state index contributed by atoms with van der Waals surface area (Å²) in [5, 5.41) is 11.0. The maximum absolute atomic E-state index is 12.4. The molecule has 0 aliphatic heterocycles. The molecule has 2 rings (SSSR count). The van der Waals surface area contributed by atoms with Crippen molar-refractivity contribution in [1.82, 2.24) is 15.5 Å². The van der Waals surface area contributed by atoms with Gasteiger partial charge in [0.15, 0.2) is 0 Å². The fourth-order valence-electron chi connectivity index (χ4n) is 3.33. The predicted octanol–water partition coefficient (Wildman–Crippen LogP) is 1.15. The number of hydrogen-bond acceptors (Lipinski definition) is 7. The number of nitrogens with one attached hydrogen (secondary N) is 4. The lowest BCUT2D eigenvalue weighted by Crippen LogP contribution is -2.38. The average Bonchev–Trinajstić information content (AvgIpc) is 2.80. The first-order chi connectivity index (χ1) is 17.2. The van der Waals surface area contributed by atoms with Crippen molar-refractivity contribution in [3.63, 3.8) is 0 Å². The number of amides is 4. The molecule has 2 aromatic carbocycles. The lowest BCUT2D eigenvalue weighted by atomic mass is 10.2. The van der Waals surface area contributed by atoms with Crippen molar-refractivity contribution in [2.24, 2.45) is 0 Å². The normalized spacial score (nSPS) is 10.5. The van der Waals surface area contributed by atoms with E-state index in [-0.39, 0.29) is 49.4 Å². The molecule has 0 aliphatic carbocycles. The zero-order chi connectivity index (χ0) is 26.3. The summed E-state index contributed by atoms with van der Waals surface area (Å²) in [6.07, 6.45) is 0.565. The van der Waals surface area contributed by atoms with Crippen molar-refractivity contribution < 1.29 is 19.2 Å². The van der Waals surface area contributed by atoms with Gasteiger partial charge in [0.1, 0.15) is 0 Å². The van der Waals surface area contributed by atoms with Gasteiger partial charge in [0.25, 0.3) is 0 Å². The molecule has 0 unspecified atom stereocenters. The van der Waals surface area contributed by atoms with Crippen LogP contribution in [0.15, 0.2) is 48.5 Å². The number of nitrogens with zero attached hydrogens (tertiary/aromatic N) is 1. The molecule has 8 N–H and O–H groups in total. The highest BCUT2D eigenvalue weighted by Gasteiger charge is 2.12. The van der Waals surface area contributed by atoms with Gasteiger partial charge in [-0.3, -0.25) is 19.2 Å². The molecule has 4 amide bonds. The Morgan fingerprint density at radius 3 is 1.69 bits per heavy atom. The number of nitrogens with two attached hydrogens (primary N) is 2. The molecule has 194 valence electrons. The van der Waals surface area contributed by atoms with Crippen LogP contribution in [0.2, 0.25) is 0 Å².